The zero-order valence-electron chi connectivity index (χ0n) is 14.9. The zero-order valence-corrected chi connectivity index (χ0v) is 17.3. The molecule has 27 heavy (non-hydrogen) atoms. The number of hydrogen-bond acceptors (Lipinski definition) is 4. The number of halogens is 1. The van der Waals surface area contributed by atoms with Crippen LogP contribution in [-0.2, 0) is 4.79 Å². The van der Waals surface area contributed by atoms with Gasteiger partial charge in [-0.15, -0.1) is 10.2 Å². The normalized spacial score (nSPS) is 15.2. The third-order valence-corrected chi connectivity index (χ3v) is 6.65. The van der Waals surface area contributed by atoms with Gasteiger partial charge in [-0.05, 0) is 58.1 Å². The van der Waals surface area contributed by atoms with Crippen LogP contribution in [0.5, 0.6) is 0 Å². The number of aliphatic carboxylic acids is 1. The number of carboxylic acid groups (broad SMARTS) is 1. The molecule has 1 atom stereocenters. The average Bonchev–Trinajstić information content (AvgIpc) is 3.45. The fourth-order valence-corrected chi connectivity index (χ4v) is 5.04. The van der Waals surface area contributed by atoms with Gasteiger partial charge in [0.25, 0.3) is 0 Å². The molecule has 1 N–H and O–H groups in total. The molecule has 1 aromatic heterocycles. The molecule has 1 aliphatic carbocycles. The summed E-state index contributed by atoms with van der Waals surface area (Å²) < 4.78 is 2.59. The Hall–Kier alpha value is -1.86. The van der Waals surface area contributed by atoms with Crippen molar-refractivity contribution in [2.75, 3.05) is 5.75 Å². The Labute approximate surface area is 170 Å². The first-order valence-corrected chi connectivity index (χ1v) is 10.9. The van der Waals surface area contributed by atoms with Crippen molar-refractivity contribution >= 4 is 44.4 Å². The number of fused-ring (bicyclic) bond motifs is 1. The smallest absolute Gasteiger partial charge is 0.307 e. The van der Waals surface area contributed by atoms with E-state index in [1.165, 1.54) is 35.6 Å². The van der Waals surface area contributed by atoms with Gasteiger partial charge in [-0.25, -0.2) is 0 Å². The quantitative estimate of drug-likeness (QED) is 0.502. The van der Waals surface area contributed by atoms with E-state index in [1.54, 1.807) is 0 Å². The summed E-state index contributed by atoms with van der Waals surface area (Å²) in [5.41, 5.74) is 2.42. The molecule has 3 aromatic rings. The molecule has 2 aromatic carbocycles. The second-order valence-electron chi connectivity index (χ2n) is 6.84. The Bertz CT molecular complexity index is 1000. The van der Waals surface area contributed by atoms with Crippen molar-refractivity contribution in [3.63, 3.8) is 0 Å². The molecule has 0 amide bonds. The highest BCUT2D eigenvalue weighted by molar-refractivity contribution is 9.10. The number of nitrogens with zero attached hydrogens (tertiary/aromatic N) is 3. The van der Waals surface area contributed by atoms with E-state index in [0.29, 0.717) is 28.0 Å². The highest BCUT2D eigenvalue weighted by Crippen LogP contribution is 2.44. The maximum atomic E-state index is 11.3. The van der Waals surface area contributed by atoms with Crippen LogP contribution in [-0.4, -0.2) is 31.6 Å². The number of benzene rings is 2. The molecule has 0 radical (unpaired) electrons. The highest BCUT2D eigenvalue weighted by atomic mass is 79.9. The van der Waals surface area contributed by atoms with E-state index in [2.05, 4.69) is 56.5 Å². The second kappa shape index (κ2) is 7.64. The molecule has 1 heterocycles. The van der Waals surface area contributed by atoms with Gasteiger partial charge in [-0.1, -0.05) is 49.0 Å². The van der Waals surface area contributed by atoms with Gasteiger partial charge in [0.05, 0.1) is 11.6 Å². The van der Waals surface area contributed by atoms with Gasteiger partial charge >= 0.3 is 5.97 Å². The van der Waals surface area contributed by atoms with Crippen LogP contribution in [0.4, 0.5) is 0 Å². The summed E-state index contributed by atoms with van der Waals surface area (Å²) in [4.78, 5) is 11.3. The Morgan fingerprint density at radius 1 is 1.26 bits per heavy atom. The number of rotatable bonds is 7. The number of hydrogen-bond donors (Lipinski definition) is 1. The Morgan fingerprint density at radius 2 is 2.00 bits per heavy atom. The van der Waals surface area contributed by atoms with E-state index in [9.17, 15) is 9.90 Å². The second-order valence-corrected chi connectivity index (χ2v) is 8.53. The molecule has 0 spiro atoms. The first-order chi connectivity index (χ1) is 13.1. The number of carbonyl (C=O) groups is 1. The molecule has 1 aliphatic rings. The molecule has 1 unspecified atom stereocenters. The molecule has 0 bridgehead atoms. The molecule has 7 heteroatoms. The van der Waals surface area contributed by atoms with Crippen molar-refractivity contribution in [3.8, 4) is 5.69 Å². The Kier molecular flexibility index (Phi) is 5.23. The van der Waals surface area contributed by atoms with E-state index in [0.717, 1.165) is 11.1 Å². The van der Waals surface area contributed by atoms with Crippen LogP contribution >= 0.6 is 27.7 Å². The maximum Gasteiger partial charge on any atom is 0.307 e. The number of thioether (sulfide) groups is 1. The minimum Gasteiger partial charge on any atom is -0.481 e. The summed E-state index contributed by atoms with van der Waals surface area (Å²) >= 11 is 4.95. The van der Waals surface area contributed by atoms with Crippen LogP contribution in [0, 0.1) is 5.92 Å². The molecule has 4 rings (SSSR count). The van der Waals surface area contributed by atoms with E-state index in [-0.39, 0.29) is 0 Å². The van der Waals surface area contributed by atoms with Gasteiger partial charge in [0.2, 0.25) is 4.73 Å². The van der Waals surface area contributed by atoms with E-state index in [1.807, 2.05) is 17.6 Å². The van der Waals surface area contributed by atoms with Crippen LogP contribution in [0.3, 0.4) is 0 Å². The molecule has 0 saturated heterocycles. The molecule has 0 aliphatic heterocycles. The van der Waals surface area contributed by atoms with Crippen molar-refractivity contribution in [3.05, 3.63) is 46.7 Å². The average molecular weight is 446 g/mol. The first-order valence-electron chi connectivity index (χ1n) is 9.08. The van der Waals surface area contributed by atoms with Crippen molar-refractivity contribution in [2.45, 2.75) is 37.3 Å². The van der Waals surface area contributed by atoms with Gasteiger partial charge in [0, 0.05) is 11.1 Å². The summed E-state index contributed by atoms with van der Waals surface area (Å²) in [6, 6.07) is 12.8. The Morgan fingerprint density at radius 3 is 2.67 bits per heavy atom. The van der Waals surface area contributed by atoms with Gasteiger partial charge < -0.3 is 5.11 Å². The maximum absolute atomic E-state index is 11.3. The molecule has 1 fully saturated rings. The SMILES string of the molecule is CCC(CSc1nnc(Br)n1-c1ccc(C2CC2)c2ccccc12)C(=O)O. The van der Waals surface area contributed by atoms with Crippen LogP contribution in [0.2, 0.25) is 0 Å². The summed E-state index contributed by atoms with van der Waals surface area (Å²) in [6.45, 7) is 1.89. The summed E-state index contributed by atoms with van der Waals surface area (Å²) in [5, 5.41) is 20.9. The van der Waals surface area contributed by atoms with E-state index >= 15 is 0 Å². The van der Waals surface area contributed by atoms with Gasteiger partial charge in [-0.3, -0.25) is 9.36 Å². The van der Waals surface area contributed by atoms with Crippen molar-refractivity contribution in [1.82, 2.24) is 14.8 Å². The largest absolute Gasteiger partial charge is 0.481 e. The van der Waals surface area contributed by atoms with Crippen molar-refractivity contribution in [1.29, 1.82) is 0 Å². The fourth-order valence-electron chi connectivity index (χ4n) is 3.34. The third kappa shape index (κ3) is 3.62. The van der Waals surface area contributed by atoms with E-state index in [4.69, 9.17) is 0 Å². The topological polar surface area (TPSA) is 68.0 Å². The third-order valence-electron chi connectivity index (χ3n) is 5.04. The molecular formula is C20H20BrN3O2S. The summed E-state index contributed by atoms with van der Waals surface area (Å²) in [5.74, 6) is -0.0278. The van der Waals surface area contributed by atoms with Gasteiger partial charge in [-0.2, -0.15) is 0 Å². The fraction of sp³-hybridized carbons (Fsp3) is 0.350. The first kappa shape index (κ1) is 18.5. The molecule has 1 saturated carbocycles. The molecule has 140 valence electrons. The Balaban J connectivity index is 1.75. The van der Waals surface area contributed by atoms with Gasteiger partial charge in [0.1, 0.15) is 0 Å². The lowest BCUT2D eigenvalue weighted by Crippen LogP contribution is -2.15. The lowest BCUT2D eigenvalue weighted by molar-refractivity contribution is -0.140. The number of aromatic nitrogens is 3. The summed E-state index contributed by atoms with van der Waals surface area (Å²) in [7, 11) is 0. The van der Waals surface area contributed by atoms with Crippen LogP contribution < -0.4 is 0 Å². The minimum atomic E-state index is -0.769. The number of carboxylic acids is 1. The van der Waals surface area contributed by atoms with Crippen molar-refractivity contribution in [2.24, 2.45) is 5.92 Å². The van der Waals surface area contributed by atoms with E-state index < -0.39 is 11.9 Å². The van der Waals surface area contributed by atoms with Gasteiger partial charge in [0.15, 0.2) is 5.16 Å². The lowest BCUT2D eigenvalue weighted by Gasteiger charge is -2.14. The predicted molar refractivity (Wildman–Crippen MR) is 111 cm³/mol. The van der Waals surface area contributed by atoms with Crippen molar-refractivity contribution < 1.29 is 9.90 Å². The zero-order chi connectivity index (χ0) is 19.0. The monoisotopic (exact) mass is 445 g/mol. The van der Waals surface area contributed by atoms with Crippen LogP contribution in [0.1, 0.15) is 37.7 Å². The lowest BCUT2D eigenvalue weighted by atomic mass is 9.99. The minimum absolute atomic E-state index is 0.395. The summed E-state index contributed by atoms with van der Waals surface area (Å²) in [6.07, 6.45) is 3.11. The molecule has 5 nitrogen and oxygen atoms in total. The molecular weight excluding hydrogens is 426 g/mol. The predicted octanol–water partition coefficient (Wildman–Crippen LogP) is 5.26. The highest BCUT2D eigenvalue weighted by Gasteiger charge is 2.26. The van der Waals surface area contributed by atoms with Crippen LogP contribution in [0.25, 0.3) is 16.5 Å². The van der Waals surface area contributed by atoms with Crippen LogP contribution in [0.15, 0.2) is 46.3 Å². The standard InChI is InChI=1S/C20H20BrN3O2S/c1-2-12(18(25)26)11-27-20-23-22-19(21)24(20)17-10-9-14(13-7-8-13)15-5-3-4-6-16(15)17/h3-6,9-10,12-13H,2,7-8,11H2,1H3,(H,25,26).